The third-order valence-electron chi connectivity index (χ3n) is 2.22. The average molecular weight is 196 g/mol. The van der Waals surface area contributed by atoms with E-state index in [0.717, 1.165) is 11.1 Å². The van der Waals surface area contributed by atoms with Crippen molar-refractivity contribution in [1.82, 2.24) is 0 Å². The minimum atomic E-state index is 0.151. The van der Waals surface area contributed by atoms with E-state index in [9.17, 15) is 5.11 Å². The number of aryl methyl sites for hydroxylation is 2. The molecule has 1 aromatic rings. The lowest BCUT2D eigenvalue weighted by molar-refractivity contribution is 0.287. The van der Waals surface area contributed by atoms with Gasteiger partial charge in [-0.2, -0.15) is 0 Å². The highest BCUT2D eigenvalue weighted by molar-refractivity contribution is 5.50. The lowest BCUT2D eigenvalue weighted by Crippen LogP contribution is -1.95. The first-order chi connectivity index (χ1) is 6.70. The summed E-state index contributed by atoms with van der Waals surface area (Å²) in [6.45, 7) is 1.98. The number of hydrogen-bond acceptors (Lipinski definition) is 3. The van der Waals surface area contributed by atoms with Crippen molar-refractivity contribution in [3.63, 3.8) is 0 Å². The second-order valence-corrected chi connectivity index (χ2v) is 3.25. The third kappa shape index (κ3) is 2.17. The van der Waals surface area contributed by atoms with E-state index in [-0.39, 0.29) is 12.4 Å². The molecule has 1 aromatic carbocycles. The maximum Gasteiger partial charge on any atom is 0.163 e. The first-order valence-electron chi connectivity index (χ1n) is 4.67. The fourth-order valence-electron chi connectivity index (χ4n) is 1.41. The van der Waals surface area contributed by atoms with Gasteiger partial charge in [0.25, 0.3) is 0 Å². The second-order valence-electron chi connectivity index (χ2n) is 3.25. The molecular weight excluding hydrogens is 180 g/mol. The van der Waals surface area contributed by atoms with Crippen molar-refractivity contribution in [3.8, 4) is 11.5 Å². The van der Waals surface area contributed by atoms with Crippen LogP contribution in [0.25, 0.3) is 0 Å². The van der Waals surface area contributed by atoms with Gasteiger partial charge in [-0.15, -0.1) is 0 Å². The zero-order valence-corrected chi connectivity index (χ0v) is 8.58. The Labute approximate surface area is 84.0 Å². The van der Waals surface area contributed by atoms with Crippen LogP contribution in [0.4, 0.5) is 0 Å². The summed E-state index contributed by atoms with van der Waals surface area (Å²) in [7, 11) is 1.54. The van der Waals surface area contributed by atoms with Crippen LogP contribution in [-0.4, -0.2) is 23.9 Å². The summed E-state index contributed by atoms with van der Waals surface area (Å²) in [6, 6.07) is 3.77. The molecule has 0 saturated heterocycles. The SMILES string of the molecule is COc1c(CCCO)ccc(C)c1O. The lowest BCUT2D eigenvalue weighted by atomic mass is 10.1. The number of aliphatic hydroxyl groups is 1. The first-order valence-corrected chi connectivity index (χ1v) is 4.67. The highest BCUT2D eigenvalue weighted by Crippen LogP contribution is 2.33. The summed E-state index contributed by atoms with van der Waals surface area (Å²) in [4.78, 5) is 0. The first kappa shape index (κ1) is 10.9. The van der Waals surface area contributed by atoms with Crippen LogP contribution >= 0.6 is 0 Å². The quantitative estimate of drug-likeness (QED) is 0.769. The number of aromatic hydroxyl groups is 1. The van der Waals surface area contributed by atoms with E-state index in [1.807, 2.05) is 19.1 Å². The van der Waals surface area contributed by atoms with E-state index in [1.54, 1.807) is 0 Å². The van der Waals surface area contributed by atoms with Gasteiger partial charge >= 0.3 is 0 Å². The Morgan fingerprint density at radius 3 is 2.64 bits per heavy atom. The van der Waals surface area contributed by atoms with Crippen molar-refractivity contribution in [2.45, 2.75) is 19.8 Å². The highest BCUT2D eigenvalue weighted by atomic mass is 16.5. The molecule has 1 rings (SSSR count). The van der Waals surface area contributed by atoms with Gasteiger partial charge in [0.2, 0.25) is 0 Å². The highest BCUT2D eigenvalue weighted by Gasteiger charge is 2.09. The van der Waals surface area contributed by atoms with Gasteiger partial charge < -0.3 is 14.9 Å². The van der Waals surface area contributed by atoms with Crippen molar-refractivity contribution in [3.05, 3.63) is 23.3 Å². The molecule has 0 aromatic heterocycles. The van der Waals surface area contributed by atoms with Gasteiger partial charge in [0.1, 0.15) is 0 Å². The van der Waals surface area contributed by atoms with Crippen molar-refractivity contribution >= 4 is 0 Å². The van der Waals surface area contributed by atoms with Crippen LogP contribution < -0.4 is 4.74 Å². The van der Waals surface area contributed by atoms with E-state index >= 15 is 0 Å². The van der Waals surface area contributed by atoms with Crippen LogP contribution in [0.5, 0.6) is 11.5 Å². The van der Waals surface area contributed by atoms with Crippen molar-refractivity contribution in [2.75, 3.05) is 13.7 Å². The largest absolute Gasteiger partial charge is 0.504 e. The smallest absolute Gasteiger partial charge is 0.163 e. The zero-order valence-electron chi connectivity index (χ0n) is 8.58. The molecule has 0 fully saturated rings. The molecule has 0 aliphatic carbocycles. The maximum absolute atomic E-state index is 9.69. The topological polar surface area (TPSA) is 49.7 Å². The zero-order chi connectivity index (χ0) is 10.6. The third-order valence-corrected chi connectivity index (χ3v) is 2.22. The van der Waals surface area contributed by atoms with Gasteiger partial charge in [0.15, 0.2) is 11.5 Å². The number of phenols is 1. The molecule has 0 amide bonds. The molecule has 2 N–H and O–H groups in total. The van der Waals surface area contributed by atoms with Crippen molar-refractivity contribution in [1.29, 1.82) is 0 Å². The van der Waals surface area contributed by atoms with Crippen LogP contribution in [-0.2, 0) is 6.42 Å². The number of benzene rings is 1. The van der Waals surface area contributed by atoms with Gasteiger partial charge in [-0.25, -0.2) is 0 Å². The number of aliphatic hydroxyl groups excluding tert-OH is 1. The molecule has 78 valence electrons. The van der Waals surface area contributed by atoms with Gasteiger partial charge in [0.05, 0.1) is 7.11 Å². The van der Waals surface area contributed by atoms with Crippen molar-refractivity contribution in [2.24, 2.45) is 0 Å². The lowest BCUT2D eigenvalue weighted by Gasteiger charge is -2.11. The fraction of sp³-hybridized carbons (Fsp3) is 0.455. The maximum atomic E-state index is 9.69. The molecule has 3 nitrogen and oxygen atoms in total. The summed E-state index contributed by atoms with van der Waals surface area (Å²) in [5.41, 5.74) is 1.74. The van der Waals surface area contributed by atoms with Gasteiger partial charge in [0, 0.05) is 6.61 Å². The Balaban J connectivity index is 2.98. The molecular formula is C11H16O3. The molecule has 0 aliphatic rings. The molecule has 14 heavy (non-hydrogen) atoms. The van der Waals surface area contributed by atoms with E-state index in [2.05, 4.69) is 0 Å². The number of rotatable bonds is 4. The summed E-state index contributed by atoms with van der Waals surface area (Å²) in [5.74, 6) is 0.724. The van der Waals surface area contributed by atoms with Crippen LogP contribution in [0.3, 0.4) is 0 Å². The second kappa shape index (κ2) is 4.86. The predicted octanol–water partition coefficient (Wildman–Crippen LogP) is 1.63. The number of hydrogen-bond donors (Lipinski definition) is 2. The summed E-state index contributed by atoms with van der Waals surface area (Å²) < 4.78 is 5.12. The summed E-state index contributed by atoms with van der Waals surface area (Å²) in [5, 5.41) is 18.4. The minimum Gasteiger partial charge on any atom is -0.504 e. The summed E-state index contributed by atoms with van der Waals surface area (Å²) in [6.07, 6.45) is 1.40. The molecule has 0 spiro atoms. The average Bonchev–Trinajstić information content (AvgIpc) is 2.20. The Hall–Kier alpha value is -1.22. The van der Waals surface area contributed by atoms with Crippen LogP contribution in [0.1, 0.15) is 17.5 Å². The standard InChI is InChI=1S/C11H16O3/c1-8-5-6-9(4-3-7-12)11(14-2)10(8)13/h5-6,12-13H,3-4,7H2,1-2H3. The number of phenolic OH excluding ortho intramolecular Hbond substituents is 1. The Kier molecular flexibility index (Phi) is 3.77. The molecule has 0 unspecified atom stereocenters. The Morgan fingerprint density at radius 2 is 2.07 bits per heavy atom. The molecule has 0 radical (unpaired) electrons. The Morgan fingerprint density at radius 1 is 1.36 bits per heavy atom. The van der Waals surface area contributed by atoms with Gasteiger partial charge in [-0.05, 0) is 30.9 Å². The van der Waals surface area contributed by atoms with Gasteiger partial charge in [-0.3, -0.25) is 0 Å². The molecule has 0 bridgehead atoms. The van der Waals surface area contributed by atoms with Crippen LogP contribution in [0.2, 0.25) is 0 Å². The van der Waals surface area contributed by atoms with Crippen LogP contribution in [0.15, 0.2) is 12.1 Å². The summed E-state index contributed by atoms with van der Waals surface area (Å²) >= 11 is 0. The minimum absolute atomic E-state index is 0.151. The molecule has 3 heteroatoms. The van der Waals surface area contributed by atoms with Crippen molar-refractivity contribution < 1.29 is 14.9 Å². The molecule has 0 atom stereocenters. The number of ether oxygens (including phenoxy) is 1. The normalized spacial score (nSPS) is 10.2. The van der Waals surface area contributed by atoms with Gasteiger partial charge in [-0.1, -0.05) is 12.1 Å². The number of methoxy groups -OCH3 is 1. The predicted molar refractivity (Wildman–Crippen MR) is 54.8 cm³/mol. The molecule has 0 saturated carbocycles. The molecule has 0 aliphatic heterocycles. The van der Waals surface area contributed by atoms with E-state index in [1.165, 1.54) is 7.11 Å². The van der Waals surface area contributed by atoms with E-state index in [0.29, 0.717) is 18.6 Å². The molecule has 0 heterocycles. The monoisotopic (exact) mass is 196 g/mol. The van der Waals surface area contributed by atoms with E-state index in [4.69, 9.17) is 9.84 Å². The van der Waals surface area contributed by atoms with E-state index < -0.39 is 0 Å². The fourth-order valence-corrected chi connectivity index (χ4v) is 1.41. The Bertz CT molecular complexity index is 308. The van der Waals surface area contributed by atoms with Crippen LogP contribution in [0, 0.1) is 6.92 Å².